The van der Waals surface area contributed by atoms with Gasteiger partial charge in [0, 0.05) is 37.9 Å². The van der Waals surface area contributed by atoms with Crippen molar-refractivity contribution in [2.45, 2.75) is 52.0 Å². The fourth-order valence-corrected chi connectivity index (χ4v) is 5.55. The van der Waals surface area contributed by atoms with Crippen LogP contribution in [0.2, 0.25) is 0 Å². The van der Waals surface area contributed by atoms with Gasteiger partial charge in [-0.2, -0.15) is 0 Å². The van der Waals surface area contributed by atoms with Crippen LogP contribution in [0.5, 0.6) is 0 Å². The number of aromatic amines is 1. The van der Waals surface area contributed by atoms with E-state index >= 15 is 0 Å². The van der Waals surface area contributed by atoms with E-state index in [9.17, 15) is 9.59 Å². The molecule has 1 aliphatic carbocycles. The first-order valence-electron chi connectivity index (χ1n) is 11.3. The highest BCUT2D eigenvalue weighted by Crippen LogP contribution is 2.48. The van der Waals surface area contributed by atoms with Crippen molar-refractivity contribution in [1.82, 2.24) is 19.8 Å². The van der Waals surface area contributed by atoms with Crippen LogP contribution in [0.4, 0.5) is 0 Å². The Bertz CT molecular complexity index is 760. The number of amides is 1. The lowest BCUT2D eigenvalue weighted by Crippen LogP contribution is -2.59. The van der Waals surface area contributed by atoms with Crippen LogP contribution in [-0.4, -0.2) is 83.7 Å². The average Bonchev–Trinajstić information content (AvgIpc) is 3.18. The maximum absolute atomic E-state index is 13.2. The van der Waals surface area contributed by atoms with Crippen molar-refractivity contribution in [3.63, 3.8) is 0 Å². The standard InChI is InChI=1S/C22H34N4O4/c1-3-30-21(28)22-6-4-18(25-8-10-29-11-9-25)12-17(22)5-7-26(14-22)20(27)13-19-16(2)23-15-24-19/h15,17-18H,3-14H2,1-2H3,(H,23,24)/t17-,18-,22-/m1/s1. The van der Waals surface area contributed by atoms with Gasteiger partial charge in [0.1, 0.15) is 0 Å². The molecule has 166 valence electrons. The third-order valence-electron chi connectivity index (χ3n) is 7.33. The topological polar surface area (TPSA) is 87.8 Å². The summed E-state index contributed by atoms with van der Waals surface area (Å²) in [6.45, 7) is 8.84. The molecule has 0 radical (unpaired) electrons. The van der Waals surface area contributed by atoms with E-state index in [4.69, 9.17) is 9.47 Å². The van der Waals surface area contributed by atoms with E-state index in [0.29, 0.717) is 25.7 Å². The minimum Gasteiger partial charge on any atom is -0.466 e. The number of hydrogen-bond donors (Lipinski definition) is 1. The molecule has 8 nitrogen and oxygen atoms in total. The summed E-state index contributed by atoms with van der Waals surface area (Å²) in [7, 11) is 0. The van der Waals surface area contributed by atoms with Crippen molar-refractivity contribution in [2.24, 2.45) is 11.3 Å². The van der Waals surface area contributed by atoms with E-state index in [1.54, 1.807) is 6.33 Å². The summed E-state index contributed by atoms with van der Waals surface area (Å²) in [5, 5.41) is 0. The highest BCUT2D eigenvalue weighted by molar-refractivity contribution is 5.82. The molecule has 0 unspecified atom stereocenters. The van der Waals surface area contributed by atoms with Crippen LogP contribution in [0.25, 0.3) is 0 Å². The summed E-state index contributed by atoms with van der Waals surface area (Å²) in [5.74, 6) is 0.181. The van der Waals surface area contributed by atoms with Crippen molar-refractivity contribution < 1.29 is 19.1 Å². The van der Waals surface area contributed by atoms with Gasteiger partial charge in [0.05, 0.1) is 43.7 Å². The van der Waals surface area contributed by atoms with Crippen LogP contribution < -0.4 is 0 Å². The minimum atomic E-state index is -0.576. The Balaban J connectivity index is 1.48. The van der Waals surface area contributed by atoms with Gasteiger partial charge in [0.25, 0.3) is 0 Å². The molecule has 0 spiro atoms. The molecule has 1 saturated carbocycles. The first-order valence-corrected chi connectivity index (χ1v) is 11.3. The molecule has 3 atom stereocenters. The summed E-state index contributed by atoms with van der Waals surface area (Å²) in [5.41, 5.74) is 1.13. The van der Waals surface area contributed by atoms with Crippen LogP contribution in [0.15, 0.2) is 6.33 Å². The summed E-state index contributed by atoms with van der Waals surface area (Å²) in [6.07, 6.45) is 5.50. The van der Waals surface area contributed by atoms with Crippen LogP contribution in [0.1, 0.15) is 44.0 Å². The van der Waals surface area contributed by atoms with Crippen molar-refractivity contribution in [3.05, 3.63) is 17.7 Å². The lowest BCUT2D eigenvalue weighted by molar-refractivity contribution is -0.171. The number of H-pyrrole nitrogens is 1. The number of hydrogen-bond acceptors (Lipinski definition) is 6. The second-order valence-electron chi connectivity index (χ2n) is 8.91. The number of esters is 1. The maximum atomic E-state index is 13.2. The summed E-state index contributed by atoms with van der Waals surface area (Å²) in [4.78, 5) is 37.9. The molecule has 1 amide bonds. The molecule has 3 heterocycles. The smallest absolute Gasteiger partial charge is 0.314 e. The predicted octanol–water partition coefficient (Wildman–Crippen LogP) is 1.54. The van der Waals surface area contributed by atoms with E-state index in [1.807, 2.05) is 18.7 Å². The fraction of sp³-hybridized carbons (Fsp3) is 0.773. The molecule has 4 rings (SSSR count). The Morgan fingerprint density at radius 2 is 2.10 bits per heavy atom. The van der Waals surface area contributed by atoms with Gasteiger partial charge in [-0.15, -0.1) is 0 Å². The normalized spacial score (nSPS) is 30.0. The molecule has 3 fully saturated rings. The number of aryl methyl sites for hydroxylation is 1. The lowest BCUT2D eigenvalue weighted by Gasteiger charge is -2.52. The van der Waals surface area contributed by atoms with Gasteiger partial charge in [-0.1, -0.05) is 0 Å². The van der Waals surface area contributed by atoms with Crippen molar-refractivity contribution in [1.29, 1.82) is 0 Å². The van der Waals surface area contributed by atoms with E-state index in [0.717, 1.165) is 63.4 Å². The number of likely N-dealkylation sites (tertiary alicyclic amines) is 1. The van der Waals surface area contributed by atoms with E-state index < -0.39 is 5.41 Å². The first kappa shape index (κ1) is 21.3. The molecular formula is C22H34N4O4. The lowest BCUT2D eigenvalue weighted by atomic mass is 9.61. The molecule has 1 aromatic rings. The number of nitrogens with one attached hydrogen (secondary N) is 1. The van der Waals surface area contributed by atoms with E-state index in [1.165, 1.54) is 0 Å². The predicted molar refractivity (Wildman–Crippen MR) is 111 cm³/mol. The number of imidazole rings is 1. The number of rotatable bonds is 5. The van der Waals surface area contributed by atoms with Gasteiger partial charge < -0.3 is 19.4 Å². The number of ether oxygens (including phenoxy) is 2. The number of fused-ring (bicyclic) bond motifs is 1. The molecule has 8 heteroatoms. The molecule has 3 aliphatic rings. The van der Waals surface area contributed by atoms with E-state index in [-0.39, 0.29) is 24.2 Å². The van der Waals surface area contributed by atoms with Gasteiger partial charge in [-0.25, -0.2) is 4.98 Å². The number of carbonyl (C=O) groups is 2. The van der Waals surface area contributed by atoms with Crippen molar-refractivity contribution in [2.75, 3.05) is 46.0 Å². The molecule has 30 heavy (non-hydrogen) atoms. The molecule has 2 saturated heterocycles. The van der Waals surface area contributed by atoms with Gasteiger partial charge in [-0.05, 0) is 45.4 Å². The maximum Gasteiger partial charge on any atom is 0.314 e. The Morgan fingerprint density at radius 3 is 2.80 bits per heavy atom. The Hall–Kier alpha value is -1.93. The number of morpholine rings is 1. The largest absolute Gasteiger partial charge is 0.466 e. The first-order chi connectivity index (χ1) is 14.5. The van der Waals surface area contributed by atoms with Gasteiger partial charge >= 0.3 is 5.97 Å². The van der Waals surface area contributed by atoms with Crippen molar-refractivity contribution >= 4 is 11.9 Å². The fourth-order valence-electron chi connectivity index (χ4n) is 5.55. The number of carbonyl (C=O) groups excluding carboxylic acids is 2. The molecule has 0 aromatic carbocycles. The minimum absolute atomic E-state index is 0.0441. The quantitative estimate of drug-likeness (QED) is 0.730. The second kappa shape index (κ2) is 9.06. The highest BCUT2D eigenvalue weighted by Gasteiger charge is 2.54. The molecule has 1 N–H and O–H groups in total. The Kier molecular flexibility index (Phi) is 6.43. The average molecular weight is 419 g/mol. The zero-order chi connectivity index (χ0) is 21.1. The molecule has 1 aromatic heterocycles. The van der Waals surface area contributed by atoms with E-state index in [2.05, 4.69) is 14.9 Å². The number of aromatic nitrogens is 2. The molecular weight excluding hydrogens is 384 g/mol. The van der Waals surface area contributed by atoms with Crippen molar-refractivity contribution in [3.8, 4) is 0 Å². The van der Waals surface area contributed by atoms with Crippen LogP contribution in [0, 0.1) is 18.3 Å². The monoisotopic (exact) mass is 418 g/mol. The summed E-state index contributed by atoms with van der Waals surface area (Å²) < 4.78 is 11.1. The van der Waals surface area contributed by atoms with Gasteiger partial charge in [-0.3, -0.25) is 14.5 Å². The highest BCUT2D eigenvalue weighted by atomic mass is 16.5. The SMILES string of the molecule is CCOC(=O)[C@@]12CC[C@@H](N3CCOCC3)C[C@H]1CCN(C(=O)Cc1nc[nH]c1C)C2. The third-order valence-corrected chi connectivity index (χ3v) is 7.33. The van der Waals surface area contributed by atoms with Crippen LogP contribution in [-0.2, 0) is 25.5 Å². The molecule has 0 bridgehead atoms. The zero-order valence-corrected chi connectivity index (χ0v) is 18.2. The van der Waals surface area contributed by atoms with Crippen LogP contribution in [0.3, 0.4) is 0 Å². The number of piperidine rings is 1. The Morgan fingerprint density at radius 1 is 1.30 bits per heavy atom. The van der Waals surface area contributed by atoms with Crippen LogP contribution >= 0.6 is 0 Å². The van der Waals surface area contributed by atoms with Gasteiger partial charge in [0.2, 0.25) is 5.91 Å². The second-order valence-corrected chi connectivity index (χ2v) is 8.91. The summed E-state index contributed by atoms with van der Waals surface area (Å²) >= 11 is 0. The molecule has 2 aliphatic heterocycles. The number of nitrogens with zero attached hydrogens (tertiary/aromatic N) is 3. The third kappa shape index (κ3) is 4.12. The summed E-state index contributed by atoms with van der Waals surface area (Å²) in [6, 6.07) is 0.496. The zero-order valence-electron chi connectivity index (χ0n) is 18.2. The Labute approximate surface area is 178 Å². The van der Waals surface area contributed by atoms with Gasteiger partial charge in [0.15, 0.2) is 0 Å².